The minimum Gasteiger partial charge on any atom is -0.422 e. The Morgan fingerprint density at radius 2 is 1.49 bits per heavy atom. The van der Waals surface area contributed by atoms with E-state index >= 15 is 0 Å². The number of hydrogen-bond donors (Lipinski definition) is 2. The molecule has 2 amide bonds. The fourth-order valence-electron chi connectivity index (χ4n) is 3.30. The molecule has 0 unspecified atom stereocenters. The molecule has 0 aromatic heterocycles. The maximum absolute atomic E-state index is 12.6. The quantitative estimate of drug-likeness (QED) is 0.140. The number of hydrazone groups is 1. The number of hydrogen-bond acceptors (Lipinski definition) is 5. The van der Waals surface area contributed by atoms with Gasteiger partial charge in [0.1, 0.15) is 5.75 Å². The first kappa shape index (κ1) is 25.3. The number of amides is 2. The van der Waals surface area contributed by atoms with Crippen molar-refractivity contribution in [3.8, 4) is 5.75 Å². The molecule has 0 saturated carbocycles. The third-order valence-electron chi connectivity index (χ3n) is 5.27. The van der Waals surface area contributed by atoms with Crippen LogP contribution in [0.4, 0.5) is 5.69 Å². The van der Waals surface area contributed by atoms with Gasteiger partial charge in [0.25, 0.3) is 11.8 Å². The second-order valence-electron chi connectivity index (χ2n) is 8.03. The van der Waals surface area contributed by atoms with Crippen molar-refractivity contribution in [3.05, 3.63) is 130 Å². The number of carbonyl (C=O) groups is 3. The van der Waals surface area contributed by atoms with Gasteiger partial charge < -0.3 is 10.1 Å². The zero-order chi connectivity index (χ0) is 26.2. The first-order chi connectivity index (χ1) is 17.9. The molecule has 0 aliphatic heterocycles. The van der Waals surface area contributed by atoms with Crippen LogP contribution in [0.2, 0.25) is 5.02 Å². The van der Waals surface area contributed by atoms with Gasteiger partial charge in [-0.3, -0.25) is 9.59 Å². The molecule has 0 aliphatic rings. The highest BCUT2D eigenvalue weighted by Gasteiger charge is 2.12. The summed E-state index contributed by atoms with van der Waals surface area (Å²) >= 11 is 5.87. The number of anilines is 1. The fraction of sp³-hybridized carbons (Fsp3) is 0.0345. The van der Waals surface area contributed by atoms with Crippen LogP contribution in [-0.2, 0) is 0 Å². The van der Waals surface area contributed by atoms with E-state index in [1.807, 2.05) is 19.1 Å². The van der Waals surface area contributed by atoms with Crippen molar-refractivity contribution >= 4 is 41.3 Å². The molecule has 8 heteroatoms. The molecule has 0 atom stereocenters. The van der Waals surface area contributed by atoms with Crippen molar-refractivity contribution in [2.24, 2.45) is 5.10 Å². The molecule has 0 aliphatic carbocycles. The van der Waals surface area contributed by atoms with Gasteiger partial charge in [-0.1, -0.05) is 47.5 Å². The van der Waals surface area contributed by atoms with Gasteiger partial charge in [0.2, 0.25) is 0 Å². The summed E-state index contributed by atoms with van der Waals surface area (Å²) in [5.41, 5.74) is 5.63. The summed E-state index contributed by atoms with van der Waals surface area (Å²) in [7, 11) is 0. The lowest BCUT2D eigenvalue weighted by Gasteiger charge is -2.08. The largest absolute Gasteiger partial charge is 0.422 e. The van der Waals surface area contributed by atoms with E-state index in [9.17, 15) is 14.4 Å². The van der Waals surface area contributed by atoms with Gasteiger partial charge in [0.15, 0.2) is 0 Å². The summed E-state index contributed by atoms with van der Waals surface area (Å²) in [5, 5.41) is 7.29. The van der Waals surface area contributed by atoms with Crippen LogP contribution in [0.3, 0.4) is 0 Å². The van der Waals surface area contributed by atoms with Gasteiger partial charge in [-0.15, -0.1) is 0 Å². The Balaban J connectivity index is 1.39. The van der Waals surface area contributed by atoms with E-state index in [0.717, 1.165) is 5.56 Å². The van der Waals surface area contributed by atoms with E-state index in [1.165, 1.54) is 6.21 Å². The molecule has 4 aromatic carbocycles. The van der Waals surface area contributed by atoms with Crippen molar-refractivity contribution in [2.45, 2.75) is 6.92 Å². The van der Waals surface area contributed by atoms with Crippen LogP contribution in [0.15, 0.2) is 102 Å². The predicted molar refractivity (Wildman–Crippen MR) is 143 cm³/mol. The third-order valence-corrected chi connectivity index (χ3v) is 5.52. The lowest BCUT2D eigenvalue weighted by atomic mass is 10.1. The molecule has 2 N–H and O–H groups in total. The van der Waals surface area contributed by atoms with Crippen LogP contribution in [-0.4, -0.2) is 24.0 Å². The standard InChI is InChI=1S/C29H22ClN3O4/c1-19-9-11-20(12-10-19)27(34)32-25-7-4-6-22(17-25)28(35)33-31-18-23-5-2-3-8-26(23)37-29(36)21-13-15-24(30)16-14-21/h2-18H,1H3,(H,32,34)(H,33,35). The lowest BCUT2D eigenvalue weighted by Crippen LogP contribution is -2.18. The van der Waals surface area contributed by atoms with Gasteiger partial charge in [-0.05, 0) is 73.7 Å². The van der Waals surface area contributed by atoms with Crippen molar-refractivity contribution in [3.63, 3.8) is 0 Å². The predicted octanol–water partition coefficient (Wildman–Crippen LogP) is 5.88. The minimum atomic E-state index is -0.550. The number of rotatable bonds is 7. The normalized spacial score (nSPS) is 10.6. The van der Waals surface area contributed by atoms with Gasteiger partial charge >= 0.3 is 5.97 Å². The number of nitrogens with zero attached hydrogens (tertiary/aromatic N) is 1. The molecule has 0 radical (unpaired) electrons. The third kappa shape index (κ3) is 6.90. The zero-order valence-electron chi connectivity index (χ0n) is 19.8. The van der Waals surface area contributed by atoms with Crippen LogP contribution in [0.1, 0.15) is 42.2 Å². The molecule has 0 spiro atoms. The van der Waals surface area contributed by atoms with Gasteiger partial charge in [0.05, 0.1) is 11.8 Å². The first-order valence-electron chi connectivity index (χ1n) is 11.3. The first-order valence-corrected chi connectivity index (χ1v) is 11.6. The maximum Gasteiger partial charge on any atom is 0.343 e. The number of carbonyl (C=O) groups excluding carboxylic acids is 3. The molecule has 7 nitrogen and oxygen atoms in total. The van der Waals surface area contributed by atoms with E-state index in [4.69, 9.17) is 16.3 Å². The molecule has 37 heavy (non-hydrogen) atoms. The zero-order valence-corrected chi connectivity index (χ0v) is 20.5. The number of aryl methyl sites for hydroxylation is 1. The highest BCUT2D eigenvalue weighted by atomic mass is 35.5. The van der Waals surface area contributed by atoms with Gasteiger partial charge in [-0.2, -0.15) is 5.10 Å². The molecule has 0 fully saturated rings. The Labute approximate surface area is 218 Å². The van der Waals surface area contributed by atoms with Crippen LogP contribution in [0.5, 0.6) is 5.75 Å². The van der Waals surface area contributed by atoms with E-state index < -0.39 is 11.9 Å². The van der Waals surface area contributed by atoms with E-state index in [2.05, 4.69) is 15.8 Å². The van der Waals surface area contributed by atoms with Crippen molar-refractivity contribution in [1.29, 1.82) is 0 Å². The highest BCUT2D eigenvalue weighted by molar-refractivity contribution is 6.30. The summed E-state index contributed by atoms with van der Waals surface area (Å²) in [6.07, 6.45) is 1.38. The second-order valence-corrected chi connectivity index (χ2v) is 8.47. The van der Waals surface area contributed by atoms with Crippen molar-refractivity contribution in [1.82, 2.24) is 5.43 Å². The number of ether oxygens (including phenoxy) is 1. The fourth-order valence-corrected chi connectivity index (χ4v) is 3.42. The molecule has 4 rings (SSSR count). The Bertz CT molecular complexity index is 1470. The SMILES string of the molecule is Cc1ccc(C(=O)Nc2cccc(C(=O)NN=Cc3ccccc3OC(=O)c3ccc(Cl)cc3)c2)cc1. The average molecular weight is 512 g/mol. The Kier molecular flexibility index (Phi) is 8.08. The maximum atomic E-state index is 12.6. The molecule has 0 heterocycles. The van der Waals surface area contributed by atoms with E-state index in [0.29, 0.717) is 33.0 Å². The summed E-state index contributed by atoms with van der Waals surface area (Å²) in [4.78, 5) is 37.5. The number of para-hydroxylation sites is 1. The van der Waals surface area contributed by atoms with Crippen molar-refractivity contribution < 1.29 is 19.1 Å². The van der Waals surface area contributed by atoms with Gasteiger partial charge in [0, 0.05) is 27.4 Å². The van der Waals surface area contributed by atoms with Crippen LogP contribution in [0, 0.1) is 6.92 Å². The second kappa shape index (κ2) is 11.8. The summed E-state index contributed by atoms with van der Waals surface area (Å²) in [5.74, 6) is -1.02. The van der Waals surface area contributed by atoms with E-state index in [1.54, 1.807) is 84.9 Å². The topological polar surface area (TPSA) is 96.9 Å². The Hall–Kier alpha value is -4.75. The highest BCUT2D eigenvalue weighted by Crippen LogP contribution is 2.19. The lowest BCUT2D eigenvalue weighted by molar-refractivity contribution is 0.0734. The summed E-state index contributed by atoms with van der Waals surface area (Å²) < 4.78 is 5.48. The molecular weight excluding hydrogens is 490 g/mol. The monoisotopic (exact) mass is 511 g/mol. The van der Waals surface area contributed by atoms with Gasteiger partial charge in [-0.25, -0.2) is 10.2 Å². The number of benzene rings is 4. The Morgan fingerprint density at radius 1 is 0.784 bits per heavy atom. The summed E-state index contributed by atoms with van der Waals surface area (Å²) in [6, 6.07) is 26.8. The number of esters is 1. The average Bonchev–Trinajstić information content (AvgIpc) is 2.90. The number of nitrogens with one attached hydrogen (secondary N) is 2. The Morgan fingerprint density at radius 3 is 2.24 bits per heavy atom. The molecule has 4 aromatic rings. The summed E-state index contributed by atoms with van der Waals surface area (Å²) in [6.45, 7) is 1.94. The number of halogens is 1. The molecule has 0 bridgehead atoms. The van der Waals surface area contributed by atoms with Crippen LogP contribution < -0.4 is 15.5 Å². The van der Waals surface area contributed by atoms with E-state index in [-0.39, 0.29) is 11.7 Å². The molecule has 184 valence electrons. The molecular formula is C29H22ClN3O4. The van der Waals surface area contributed by atoms with Crippen LogP contribution in [0.25, 0.3) is 0 Å². The molecule has 0 saturated heterocycles. The minimum absolute atomic E-state index is 0.277. The smallest absolute Gasteiger partial charge is 0.343 e. The van der Waals surface area contributed by atoms with Crippen molar-refractivity contribution in [2.75, 3.05) is 5.32 Å². The van der Waals surface area contributed by atoms with Crippen LogP contribution >= 0.6 is 11.6 Å².